The van der Waals surface area contributed by atoms with Crippen LogP contribution in [0.4, 0.5) is 0 Å². The summed E-state index contributed by atoms with van der Waals surface area (Å²) in [5, 5.41) is 14.0. The van der Waals surface area contributed by atoms with E-state index < -0.39 is 30.0 Å². The highest BCUT2D eigenvalue weighted by Crippen LogP contribution is 2.29. The van der Waals surface area contributed by atoms with Crippen LogP contribution < -0.4 is 26.3 Å². The number of ether oxygens (including phenoxy) is 4. The van der Waals surface area contributed by atoms with Gasteiger partial charge in [-0.1, -0.05) is 53.9 Å². The highest BCUT2D eigenvalue weighted by molar-refractivity contribution is 5.99. The van der Waals surface area contributed by atoms with Crippen LogP contribution in [-0.2, 0) is 14.3 Å². The molecule has 0 radical (unpaired) electrons. The number of amides is 2. The van der Waals surface area contributed by atoms with E-state index in [-0.39, 0.29) is 17.4 Å². The Morgan fingerprint density at radius 2 is 1.70 bits per heavy atom. The number of morpholine rings is 1. The van der Waals surface area contributed by atoms with Crippen molar-refractivity contribution in [1.82, 2.24) is 10.2 Å². The topological polar surface area (TPSA) is 159 Å². The molecule has 6 N–H and O–H groups in total. The third-order valence-electron chi connectivity index (χ3n) is 9.31. The van der Waals surface area contributed by atoms with Crippen LogP contribution in [0, 0.1) is 23.7 Å². The number of aliphatic hydroxyl groups excluding tert-OH is 1. The van der Waals surface area contributed by atoms with E-state index in [1.165, 1.54) is 0 Å². The highest BCUT2D eigenvalue weighted by Gasteiger charge is 2.35. The zero-order valence-electron chi connectivity index (χ0n) is 29.9. The standard InChI is InChI=1S/C36H64N4O7/c1-7-8-11-27(25(2)3)22-32(41)31(37)24-30(26(4)5)34(35(38)42)39-36(43)29-13-12-28(23-33(29)47-18-10-9-17-44-6)46-21-16-40-14-19-45-20-15-40/h12-13,23,25-27,30-32,34,41H,7-11,14-22,24,37H2,1-6H3,(H2,38,42)(H,39,43)/t27-,30-,31-,32-,34?/m0/s1. The Morgan fingerprint density at radius 3 is 2.32 bits per heavy atom. The Morgan fingerprint density at radius 1 is 1.00 bits per heavy atom. The maximum Gasteiger partial charge on any atom is 0.255 e. The van der Waals surface area contributed by atoms with E-state index in [1.807, 2.05) is 13.8 Å². The fourth-order valence-electron chi connectivity index (χ4n) is 6.09. The molecule has 11 heteroatoms. The minimum Gasteiger partial charge on any atom is -0.493 e. The molecule has 1 unspecified atom stereocenters. The lowest BCUT2D eigenvalue weighted by Crippen LogP contribution is -2.53. The molecule has 1 fully saturated rings. The monoisotopic (exact) mass is 664 g/mol. The molecule has 0 aliphatic carbocycles. The van der Waals surface area contributed by atoms with Crippen molar-refractivity contribution >= 4 is 11.8 Å². The number of benzene rings is 1. The average Bonchev–Trinajstić information content (AvgIpc) is 3.04. The summed E-state index contributed by atoms with van der Waals surface area (Å²) in [6.07, 6.45) is 5.02. The number of rotatable bonds is 24. The van der Waals surface area contributed by atoms with Gasteiger partial charge in [-0.3, -0.25) is 14.5 Å². The molecule has 0 bridgehead atoms. The average molecular weight is 665 g/mol. The van der Waals surface area contributed by atoms with Crippen LogP contribution in [0.25, 0.3) is 0 Å². The van der Waals surface area contributed by atoms with Gasteiger partial charge in [0.05, 0.1) is 31.5 Å². The van der Waals surface area contributed by atoms with Gasteiger partial charge >= 0.3 is 0 Å². The highest BCUT2D eigenvalue weighted by atomic mass is 16.5. The first-order chi connectivity index (χ1) is 22.5. The van der Waals surface area contributed by atoms with Crippen LogP contribution in [0.1, 0.15) is 89.9 Å². The van der Waals surface area contributed by atoms with Crippen LogP contribution in [0.2, 0.25) is 0 Å². The molecule has 270 valence electrons. The summed E-state index contributed by atoms with van der Waals surface area (Å²) in [6, 6.07) is 3.56. The summed E-state index contributed by atoms with van der Waals surface area (Å²) in [4.78, 5) is 28.9. The van der Waals surface area contributed by atoms with E-state index in [0.29, 0.717) is 56.0 Å². The van der Waals surface area contributed by atoms with Crippen LogP contribution in [0.3, 0.4) is 0 Å². The Balaban J connectivity index is 2.18. The van der Waals surface area contributed by atoms with E-state index in [2.05, 4.69) is 31.0 Å². The number of unbranched alkanes of at least 4 members (excludes halogenated alkanes) is 2. The number of carbonyl (C=O) groups excluding carboxylic acids is 2. The van der Waals surface area contributed by atoms with Crippen molar-refractivity contribution < 1.29 is 33.6 Å². The van der Waals surface area contributed by atoms with Gasteiger partial charge in [0.15, 0.2) is 0 Å². The Hall–Kier alpha value is -2.44. The van der Waals surface area contributed by atoms with Crippen molar-refractivity contribution in [2.75, 3.05) is 59.8 Å². The summed E-state index contributed by atoms with van der Waals surface area (Å²) in [5.41, 5.74) is 12.7. The zero-order chi connectivity index (χ0) is 34.8. The normalized spacial score (nSPS) is 17.2. The number of methoxy groups -OCH3 is 1. The Labute approximate surface area is 283 Å². The number of carbonyl (C=O) groups is 2. The largest absolute Gasteiger partial charge is 0.493 e. The van der Waals surface area contributed by atoms with Crippen molar-refractivity contribution in [3.05, 3.63) is 23.8 Å². The summed E-state index contributed by atoms with van der Waals surface area (Å²) in [5.74, 6) is 0.214. The molecule has 11 nitrogen and oxygen atoms in total. The molecular formula is C36H64N4O7. The second kappa shape index (κ2) is 22.2. The van der Waals surface area contributed by atoms with Gasteiger partial charge in [0.25, 0.3) is 5.91 Å². The number of nitrogens with one attached hydrogen (secondary N) is 1. The quantitative estimate of drug-likeness (QED) is 0.120. The molecule has 1 aliphatic heterocycles. The van der Waals surface area contributed by atoms with Crippen molar-refractivity contribution in [1.29, 1.82) is 0 Å². The third kappa shape index (κ3) is 14.7. The molecule has 1 aromatic rings. The molecule has 0 saturated carbocycles. The second-order valence-electron chi connectivity index (χ2n) is 13.6. The van der Waals surface area contributed by atoms with Gasteiger partial charge in [-0.2, -0.15) is 0 Å². The van der Waals surface area contributed by atoms with Gasteiger partial charge in [0.1, 0.15) is 24.1 Å². The summed E-state index contributed by atoms with van der Waals surface area (Å²) in [7, 11) is 1.66. The fraction of sp³-hybridized carbons (Fsp3) is 0.778. The van der Waals surface area contributed by atoms with Crippen LogP contribution in [-0.4, -0.2) is 99.8 Å². The maximum absolute atomic E-state index is 13.8. The molecule has 2 rings (SSSR count). The smallest absolute Gasteiger partial charge is 0.255 e. The van der Waals surface area contributed by atoms with E-state index in [1.54, 1.807) is 25.3 Å². The SMILES string of the molecule is CCCC[C@@H](C[C@H](O)[C@@H](N)C[C@@H](C(C)C)C(NC(=O)c1ccc(OCCN2CCOCC2)cc1OCCCCOC)C(N)=O)C(C)C. The number of hydrogen-bond donors (Lipinski definition) is 4. The molecule has 0 aromatic heterocycles. The number of primary amides is 1. The predicted molar refractivity (Wildman–Crippen MR) is 186 cm³/mol. The number of nitrogens with zero attached hydrogens (tertiary/aromatic N) is 1. The lowest BCUT2D eigenvalue weighted by Gasteiger charge is -2.33. The molecular weight excluding hydrogens is 600 g/mol. The van der Waals surface area contributed by atoms with Gasteiger partial charge in [0, 0.05) is 45.5 Å². The summed E-state index contributed by atoms with van der Waals surface area (Å²) >= 11 is 0. The van der Waals surface area contributed by atoms with Gasteiger partial charge in [-0.25, -0.2) is 0 Å². The molecule has 5 atom stereocenters. The van der Waals surface area contributed by atoms with Gasteiger partial charge < -0.3 is 40.8 Å². The Bertz CT molecular complexity index is 1030. The predicted octanol–water partition coefficient (Wildman–Crippen LogP) is 3.99. The van der Waals surface area contributed by atoms with Crippen LogP contribution in [0.5, 0.6) is 11.5 Å². The lowest BCUT2D eigenvalue weighted by molar-refractivity contribution is -0.121. The number of aliphatic hydroxyl groups is 1. The van der Waals surface area contributed by atoms with E-state index in [0.717, 1.165) is 65.0 Å². The minimum absolute atomic E-state index is 0.0363. The molecule has 2 amide bonds. The van der Waals surface area contributed by atoms with Crippen molar-refractivity contribution in [3.8, 4) is 11.5 Å². The fourth-order valence-corrected chi connectivity index (χ4v) is 6.09. The first kappa shape index (κ1) is 40.7. The van der Waals surface area contributed by atoms with Gasteiger partial charge in [-0.05, 0) is 61.5 Å². The first-order valence-electron chi connectivity index (χ1n) is 17.7. The van der Waals surface area contributed by atoms with E-state index in [9.17, 15) is 14.7 Å². The van der Waals surface area contributed by atoms with Crippen LogP contribution >= 0.6 is 0 Å². The maximum atomic E-state index is 13.8. The van der Waals surface area contributed by atoms with Crippen molar-refractivity contribution in [2.45, 2.75) is 97.8 Å². The molecule has 1 heterocycles. The molecule has 1 aliphatic rings. The summed E-state index contributed by atoms with van der Waals surface area (Å²) in [6.45, 7) is 15.9. The van der Waals surface area contributed by atoms with Crippen molar-refractivity contribution in [2.24, 2.45) is 35.1 Å². The summed E-state index contributed by atoms with van der Waals surface area (Å²) < 4.78 is 22.7. The lowest BCUT2D eigenvalue weighted by atomic mass is 9.79. The molecule has 47 heavy (non-hydrogen) atoms. The number of nitrogens with two attached hydrogens (primary N) is 2. The molecule has 1 saturated heterocycles. The zero-order valence-corrected chi connectivity index (χ0v) is 29.9. The van der Waals surface area contributed by atoms with Crippen molar-refractivity contribution in [3.63, 3.8) is 0 Å². The third-order valence-corrected chi connectivity index (χ3v) is 9.31. The van der Waals surface area contributed by atoms with Crippen LogP contribution in [0.15, 0.2) is 18.2 Å². The van der Waals surface area contributed by atoms with E-state index >= 15 is 0 Å². The molecule has 0 spiro atoms. The first-order valence-corrected chi connectivity index (χ1v) is 17.7. The van der Waals surface area contributed by atoms with E-state index in [4.69, 9.17) is 30.4 Å². The Kier molecular flexibility index (Phi) is 19.3. The second-order valence-corrected chi connectivity index (χ2v) is 13.6. The molecule has 1 aromatic carbocycles. The van der Waals surface area contributed by atoms with Gasteiger partial charge in [-0.15, -0.1) is 0 Å². The minimum atomic E-state index is -0.985. The number of hydrogen-bond acceptors (Lipinski definition) is 9. The van der Waals surface area contributed by atoms with Gasteiger partial charge in [0.2, 0.25) is 5.91 Å².